The van der Waals surface area contributed by atoms with Gasteiger partial charge in [-0.2, -0.15) is 0 Å². The number of hydrogen-bond acceptors (Lipinski definition) is 3. The molecular weight excluding hydrogens is 421 g/mol. The minimum absolute atomic E-state index is 0.172. The minimum Gasteiger partial charge on any atom is -0.489 e. The lowest BCUT2D eigenvalue weighted by atomic mass is 10.3. The maximum Gasteiger partial charge on any atom is 0.138 e. The largest absolute Gasteiger partial charge is 0.489 e. The Hall–Kier alpha value is -0.750. The zero-order valence-corrected chi connectivity index (χ0v) is 15.0. The van der Waals surface area contributed by atoms with E-state index in [2.05, 4.69) is 37.2 Å². The molecule has 0 saturated carbocycles. The fourth-order valence-corrected chi connectivity index (χ4v) is 3.04. The molecule has 0 bridgehead atoms. The van der Waals surface area contributed by atoms with Crippen molar-refractivity contribution in [2.24, 2.45) is 0 Å². The van der Waals surface area contributed by atoms with Crippen molar-refractivity contribution >= 4 is 49.1 Å². The Morgan fingerprint density at radius 3 is 2.67 bits per heavy atom. The summed E-state index contributed by atoms with van der Waals surface area (Å²) in [5, 5.41) is 13.6. The highest BCUT2D eigenvalue weighted by molar-refractivity contribution is 9.11. The van der Waals surface area contributed by atoms with Gasteiger partial charge < -0.3 is 15.2 Å². The molecule has 2 aromatic rings. The van der Waals surface area contributed by atoms with Gasteiger partial charge in [0.05, 0.1) is 5.02 Å². The van der Waals surface area contributed by atoms with Crippen LogP contribution in [0.1, 0.15) is 0 Å². The third-order valence-electron chi connectivity index (χ3n) is 2.73. The van der Waals surface area contributed by atoms with E-state index >= 15 is 0 Å². The molecule has 2 N–H and O–H groups in total. The maximum absolute atomic E-state index is 9.95. The second-order valence-corrected chi connectivity index (χ2v) is 6.58. The van der Waals surface area contributed by atoms with Gasteiger partial charge in [0, 0.05) is 21.2 Å². The number of ether oxygens (including phenoxy) is 1. The molecule has 0 aliphatic heterocycles. The SMILES string of the molecule is OC(CNc1ccc(Br)cc1Br)COc1ccccc1Cl. The van der Waals surface area contributed by atoms with E-state index in [4.69, 9.17) is 16.3 Å². The van der Waals surface area contributed by atoms with Gasteiger partial charge in [-0.15, -0.1) is 0 Å². The van der Waals surface area contributed by atoms with E-state index in [1.165, 1.54) is 0 Å². The van der Waals surface area contributed by atoms with Gasteiger partial charge in [0.15, 0.2) is 0 Å². The van der Waals surface area contributed by atoms with Crippen LogP contribution < -0.4 is 10.1 Å². The molecule has 0 aliphatic carbocycles. The van der Waals surface area contributed by atoms with Gasteiger partial charge in [-0.05, 0) is 46.3 Å². The molecule has 2 rings (SSSR count). The summed E-state index contributed by atoms with van der Waals surface area (Å²) < 4.78 is 7.41. The number of benzene rings is 2. The lowest BCUT2D eigenvalue weighted by Crippen LogP contribution is -2.26. The summed E-state index contributed by atoms with van der Waals surface area (Å²) in [6, 6.07) is 13.0. The van der Waals surface area contributed by atoms with Crippen LogP contribution in [-0.4, -0.2) is 24.4 Å². The Labute approximate surface area is 145 Å². The molecule has 112 valence electrons. The van der Waals surface area contributed by atoms with Crippen LogP contribution in [0.5, 0.6) is 5.75 Å². The van der Waals surface area contributed by atoms with Crippen LogP contribution >= 0.6 is 43.5 Å². The monoisotopic (exact) mass is 433 g/mol. The van der Waals surface area contributed by atoms with Crippen molar-refractivity contribution in [3.8, 4) is 5.75 Å². The molecule has 0 heterocycles. The Bertz CT molecular complexity index is 610. The molecule has 0 aliphatic rings. The smallest absolute Gasteiger partial charge is 0.138 e. The predicted octanol–water partition coefficient (Wildman–Crippen LogP) is 4.72. The van der Waals surface area contributed by atoms with Gasteiger partial charge >= 0.3 is 0 Å². The molecule has 0 spiro atoms. The lowest BCUT2D eigenvalue weighted by molar-refractivity contribution is 0.117. The van der Waals surface area contributed by atoms with E-state index in [9.17, 15) is 5.11 Å². The number of aliphatic hydroxyl groups is 1. The number of hydrogen-bond donors (Lipinski definition) is 2. The van der Waals surface area contributed by atoms with Crippen molar-refractivity contribution in [1.29, 1.82) is 0 Å². The Morgan fingerprint density at radius 1 is 1.19 bits per heavy atom. The summed E-state index contributed by atoms with van der Waals surface area (Å²) in [4.78, 5) is 0. The standard InChI is InChI=1S/C15H14Br2ClNO2/c16-10-5-6-14(12(17)7-10)19-8-11(20)9-21-15-4-2-1-3-13(15)18/h1-7,11,19-20H,8-9H2. The van der Waals surface area contributed by atoms with E-state index in [1.54, 1.807) is 12.1 Å². The molecule has 0 radical (unpaired) electrons. The van der Waals surface area contributed by atoms with E-state index in [1.807, 2.05) is 30.3 Å². The second-order valence-electron chi connectivity index (χ2n) is 4.40. The van der Waals surface area contributed by atoms with Crippen molar-refractivity contribution < 1.29 is 9.84 Å². The first-order valence-corrected chi connectivity index (χ1v) is 8.27. The molecule has 0 aromatic heterocycles. The number of rotatable bonds is 6. The fourth-order valence-electron chi connectivity index (χ4n) is 1.67. The van der Waals surface area contributed by atoms with Crippen molar-refractivity contribution in [3.63, 3.8) is 0 Å². The number of para-hydroxylation sites is 1. The highest BCUT2D eigenvalue weighted by Gasteiger charge is 2.08. The average molecular weight is 436 g/mol. The third kappa shape index (κ3) is 5.18. The van der Waals surface area contributed by atoms with Crippen molar-refractivity contribution in [2.75, 3.05) is 18.5 Å². The van der Waals surface area contributed by atoms with Gasteiger partial charge in [0.25, 0.3) is 0 Å². The van der Waals surface area contributed by atoms with E-state index in [0.717, 1.165) is 14.6 Å². The van der Waals surface area contributed by atoms with Gasteiger partial charge in [0.1, 0.15) is 18.5 Å². The van der Waals surface area contributed by atoms with Crippen molar-refractivity contribution in [2.45, 2.75) is 6.10 Å². The fraction of sp³-hybridized carbons (Fsp3) is 0.200. The maximum atomic E-state index is 9.95. The number of halogens is 3. The van der Waals surface area contributed by atoms with Gasteiger partial charge in [0.2, 0.25) is 0 Å². The Morgan fingerprint density at radius 2 is 1.95 bits per heavy atom. The average Bonchev–Trinajstić information content (AvgIpc) is 2.45. The number of anilines is 1. The molecule has 1 unspecified atom stereocenters. The van der Waals surface area contributed by atoms with Crippen LogP contribution in [0.15, 0.2) is 51.4 Å². The van der Waals surface area contributed by atoms with Gasteiger partial charge in [-0.25, -0.2) is 0 Å². The topological polar surface area (TPSA) is 41.5 Å². The van der Waals surface area contributed by atoms with E-state index in [0.29, 0.717) is 17.3 Å². The molecular formula is C15H14Br2ClNO2. The first-order valence-electron chi connectivity index (χ1n) is 6.30. The molecule has 2 aromatic carbocycles. The second kappa shape index (κ2) is 8.03. The first-order chi connectivity index (χ1) is 10.1. The van der Waals surface area contributed by atoms with Gasteiger partial charge in [-0.1, -0.05) is 39.7 Å². The van der Waals surface area contributed by atoms with Crippen LogP contribution in [-0.2, 0) is 0 Å². The molecule has 6 heteroatoms. The molecule has 21 heavy (non-hydrogen) atoms. The quantitative estimate of drug-likeness (QED) is 0.690. The summed E-state index contributed by atoms with van der Waals surface area (Å²) >= 11 is 12.8. The third-order valence-corrected chi connectivity index (χ3v) is 4.19. The highest BCUT2D eigenvalue weighted by atomic mass is 79.9. The van der Waals surface area contributed by atoms with Crippen LogP contribution in [0, 0.1) is 0 Å². The Balaban J connectivity index is 1.82. The van der Waals surface area contributed by atoms with Gasteiger partial charge in [-0.3, -0.25) is 0 Å². The molecule has 0 saturated heterocycles. The van der Waals surface area contributed by atoms with Crippen LogP contribution in [0.3, 0.4) is 0 Å². The summed E-state index contributed by atoms with van der Waals surface area (Å²) in [5.74, 6) is 0.572. The van der Waals surface area contributed by atoms with Crippen LogP contribution in [0.2, 0.25) is 5.02 Å². The molecule has 1 atom stereocenters. The number of nitrogens with one attached hydrogen (secondary N) is 1. The zero-order valence-electron chi connectivity index (χ0n) is 11.0. The van der Waals surface area contributed by atoms with Crippen molar-refractivity contribution in [1.82, 2.24) is 0 Å². The normalized spacial score (nSPS) is 12.0. The lowest BCUT2D eigenvalue weighted by Gasteiger charge is -2.15. The molecule has 0 fully saturated rings. The van der Waals surface area contributed by atoms with E-state index < -0.39 is 6.10 Å². The van der Waals surface area contributed by atoms with Crippen molar-refractivity contribution in [3.05, 3.63) is 56.4 Å². The predicted molar refractivity (Wildman–Crippen MR) is 93.3 cm³/mol. The minimum atomic E-state index is -0.642. The Kier molecular flexibility index (Phi) is 6.36. The van der Waals surface area contributed by atoms with E-state index in [-0.39, 0.29) is 6.61 Å². The molecule has 0 amide bonds. The van der Waals surface area contributed by atoms with Crippen LogP contribution in [0.4, 0.5) is 5.69 Å². The number of aliphatic hydroxyl groups excluding tert-OH is 1. The highest BCUT2D eigenvalue weighted by Crippen LogP contribution is 2.26. The summed E-state index contributed by atoms with van der Waals surface area (Å²) in [7, 11) is 0. The zero-order chi connectivity index (χ0) is 15.2. The summed E-state index contributed by atoms with van der Waals surface area (Å²) in [6.45, 7) is 0.551. The van der Waals surface area contributed by atoms with Crippen LogP contribution in [0.25, 0.3) is 0 Å². The summed E-state index contributed by atoms with van der Waals surface area (Å²) in [6.07, 6.45) is -0.642. The molecule has 3 nitrogen and oxygen atoms in total. The summed E-state index contributed by atoms with van der Waals surface area (Å²) in [5.41, 5.74) is 0.912. The first kappa shape index (κ1) is 16.6.